The van der Waals surface area contributed by atoms with Gasteiger partial charge in [0.2, 0.25) is 0 Å². The van der Waals surface area contributed by atoms with Gasteiger partial charge in [0.05, 0.1) is 17.9 Å². The van der Waals surface area contributed by atoms with Gasteiger partial charge in [0.15, 0.2) is 0 Å². The van der Waals surface area contributed by atoms with Gasteiger partial charge in [0.25, 0.3) is 0 Å². The molecule has 19 heavy (non-hydrogen) atoms. The average molecular weight is 258 g/mol. The van der Waals surface area contributed by atoms with Crippen LogP contribution in [0, 0.1) is 0 Å². The van der Waals surface area contributed by atoms with E-state index in [0.717, 1.165) is 12.2 Å². The molecule has 2 aromatic rings. The minimum Gasteiger partial charge on any atom is -0.305 e. The molecule has 2 rings (SSSR count). The maximum absolute atomic E-state index is 4.02. The molecule has 0 radical (unpaired) electrons. The Hall–Kier alpha value is -1.68. The van der Waals surface area contributed by atoms with E-state index < -0.39 is 0 Å². The maximum atomic E-state index is 4.02. The van der Waals surface area contributed by atoms with Crippen LogP contribution in [0.2, 0.25) is 0 Å². The van der Waals surface area contributed by atoms with Crippen molar-refractivity contribution in [1.29, 1.82) is 0 Å². The Kier molecular flexibility index (Phi) is 4.32. The summed E-state index contributed by atoms with van der Waals surface area (Å²) in [5.74, 6) is 0.560. The van der Waals surface area contributed by atoms with Crippen LogP contribution in [0.3, 0.4) is 0 Å². The highest BCUT2D eigenvalue weighted by Gasteiger charge is 2.17. The number of nitrogens with zero attached hydrogens (tertiary/aromatic N) is 3. The van der Waals surface area contributed by atoms with Gasteiger partial charge in [-0.05, 0) is 23.6 Å². The van der Waals surface area contributed by atoms with Crippen LogP contribution in [0.4, 0.5) is 0 Å². The molecular formula is C15H22N4. The molecule has 0 spiro atoms. The molecule has 4 nitrogen and oxygen atoms in total. The second-order valence-corrected chi connectivity index (χ2v) is 5.09. The smallest absolute Gasteiger partial charge is 0.0798 e. The molecule has 0 saturated carbocycles. The number of rotatable bonds is 5. The lowest BCUT2D eigenvalue weighted by Crippen LogP contribution is -2.24. The second kappa shape index (κ2) is 5.97. The predicted octanol–water partition coefficient (Wildman–Crippen LogP) is 2.64. The van der Waals surface area contributed by atoms with E-state index in [2.05, 4.69) is 60.7 Å². The first-order chi connectivity index (χ1) is 9.13. The Bertz CT molecular complexity index is 513. The zero-order valence-corrected chi connectivity index (χ0v) is 12.1. The number of hydrogen-bond acceptors (Lipinski definition) is 3. The summed E-state index contributed by atoms with van der Waals surface area (Å²) in [7, 11) is 1.93. The fraction of sp³-hybridized carbons (Fsp3) is 0.467. The molecule has 1 aromatic carbocycles. The van der Waals surface area contributed by atoms with Gasteiger partial charge in [-0.2, -0.15) is 0 Å². The van der Waals surface area contributed by atoms with E-state index in [0.29, 0.717) is 5.92 Å². The van der Waals surface area contributed by atoms with Crippen molar-refractivity contribution in [2.45, 2.75) is 32.7 Å². The normalized spacial score (nSPS) is 12.9. The summed E-state index contributed by atoms with van der Waals surface area (Å²) < 4.78 is 1.82. The summed E-state index contributed by atoms with van der Waals surface area (Å²) >= 11 is 0. The Morgan fingerprint density at radius 2 is 1.79 bits per heavy atom. The van der Waals surface area contributed by atoms with Gasteiger partial charge in [-0.25, -0.2) is 0 Å². The zero-order valence-electron chi connectivity index (χ0n) is 12.1. The second-order valence-electron chi connectivity index (χ2n) is 5.09. The summed E-state index contributed by atoms with van der Waals surface area (Å²) in [5, 5.41) is 11.5. The van der Waals surface area contributed by atoms with Crippen LogP contribution in [-0.4, -0.2) is 21.5 Å². The number of aromatic nitrogens is 3. The fourth-order valence-corrected chi connectivity index (χ4v) is 2.23. The molecule has 0 aliphatic rings. The molecule has 1 aromatic heterocycles. The minimum atomic E-state index is 0.145. The van der Waals surface area contributed by atoms with Crippen LogP contribution in [-0.2, 0) is 7.05 Å². The van der Waals surface area contributed by atoms with Gasteiger partial charge in [0, 0.05) is 7.05 Å². The highest BCUT2D eigenvalue weighted by Crippen LogP contribution is 2.23. The molecule has 102 valence electrons. The van der Waals surface area contributed by atoms with Crippen molar-refractivity contribution in [2.24, 2.45) is 7.05 Å². The third-order valence-electron chi connectivity index (χ3n) is 3.39. The van der Waals surface area contributed by atoms with E-state index in [1.54, 1.807) is 0 Å². The van der Waals surface area contributed by atoms with Crippen LogP contribution in [0.25, 0.3) is 0 Å². The topological polar surface area (TPSA) is 42.7 Å². The molecule has 0 fully saturated rings. The van der Waals surface area contributed by atoms with Gasteiger partial charge in [-0.3, -0.25) is 4.68 Å². The molecule has 0 aliphatic heterocycles. The zero-order chi connectivity index (χ0) is 13.8. The third-order valence-corrected chi connectivity index (χ3v) is 3.39. The van der Waals surface area contributed by atoms with E-state index in [9.17, 15) is 0 Å². The van der Waals surface area contributed by atoms with E-state index >= 15 is 0 Å². The van der Waals surface area contributed by atoms with Gasteiger partial charge in [-0.15, -0.1) is 5.10 Å². The van der Waals surface area contributed by atoms with Gasteiger partial charge in [0.1, 0.15) is 0 Å². The van der Waals surface area contributed by atoms with Crippen LogP contribution in [0.1, 0.15) is 49.6 Å². The molecule has 0 amide bonds. The van der Waals surface area contributed by atoms with Crippen LogP contribution in [0.5, 0.6) is 0 Å². The molecule has 1 heterocycles. The SMILES string of the molecule is CCNC(c1ccc(C(C)C)cc1)c1cnnn1C. The highest BCUT2D eigenvalue weighted by molar-refractivity contribution is 5.31. The highest BCUT2D eigenvalue weighted by atomic mass is 15.4. The fourth-order valence-electron chi connectivity index (χ4n) is 2.23. The molecule has 0 bridgehead atoms. The quantitative estimate of drug-likeness (QED) is 0.896. The van der Waals surface area contributed by atoms with Crippen molar-refractivity contribution in [2.75, 3.05) is 6.54 Å². The Morgan fingerprint density at radius 1 is 1.16 bits per heavy atom. The van der Waals surface area contributed by atoms with Crippen molar-refractivity contribution >= 4 is 0 Å². The standard InChI is InChI=1S/C15H22N4/c1-5-16-15(14-10-17-18-19(14)4)13-8-6-12(7-9-13)11(2)3/h6-11,15-16H,5H2,1-4H3. The first-order valence-corrected chi connectivity index (χ1v) is 6.81. The third kappa shape index (κ3) is 3.01. The number of aryl methyl sites for hydroxylation is 1. The van der Waals surface area contributed by atoms with Crippen LogP contribution < -0.4 is 5.32 Å². The maximum Gasteiger partial charge on any atom is 0.0798 e. The molecule has 0 saturated heterocycles. The minimum absolute atomic E-state index is 0.145. The number of nitrogens with one attached hydrogen (secondary N) is 1. The monoisotopic (exact) mass is 258 g/mol. The van der Waals surface area contributed by atoms with Crippen molar-refractivity contribution < 1.29 is 0 Å². The Morgan fingerprint density at radius 3 is 2.26 bits per heavy atom. The first kappa shape index (κ1) is 13.7. The van der Waals surface area contributed by atoms with Crippen LogP contribution in [0.15, 0.2) is 30.5 Å². The van der Waals surface area contributed by atoms with E-state index in [4.69, 9.17) is 0 Å². The van der Waals surface area contributed by atoms with Gasteiger partial charge in [-0.1, -0.05) is 50.3 Å². The lowest BCUT2D eigenvalue weighted by atomic mass is 9.98. The molecular weight excluding hydrogens is 236 g/mol. The van der Waals surface area contributed by atoms with Crippen LogP contribution >= 0.6 is 0 Å². The Balaban J connectivity index is 2.31. The molecule has 1 N–H and O–H groups in total. The Labute approximate surface area is 114 Å². The number of benzene rings is 1. The first-order valence-electron chi connectivity index (χ1n) is 6.81. The van der Waals surface area contributed by atoms with Crippen molar-refractivity contribution in [3.8, 4) is 0 Å². The van der Waals surface area contributed by atoms with Crippen molar-refractivity contribution in [3.63, 3.8) is 0 Å². The number of hydrogen-bond donors (Lipinski definition) is 1. The van der Waals surface area contributed by atoms with E-state index in [1.165, 1.54) is 11.1 Å². The molecule has 0 aliphatic carbocycles. The summed E-state index contributed by atoms with van der Waals surface area (Å²) in [5.41, 5.74) is 3.69. The molecule has 1 atom stereocenters. The summed E-state index contributed by atoms with van der Waals surface area (Å²) in [6, 6.07) is 8.93. The molecule has 1 unspecified atom stereocenters. The predicted molar refractivity (Wildman–Crippen MR) is 77.1 cm³/mol. The molecule has 4 heteroatoms. The summed E-state index contributed by atoms with van der Waals surface area (Å²) in [6.07, 6.45) is 1.82. The lowest BCUT2D eigenvalue weighted by Gasteiger charge is -2.18. The van der Waals surface area contributed by atoms with Gasteiger partial charge >= 0.3 is 0 Å². The van der Waals surface area contributed by atoms with Crippen molar-refractivity contribution in [1.82, 2.24) is 20.3 Å². The van der Waals surface area contributed by atoms with Gasteiger partial charge < -0.3 is 5.32 Å². The average Bonchev–Trinajstić information content (AvgIpc) is 2.82. The lowest BCUT2D eigenvalue weighted by molar-refractivity contribution is 0.568. The van der Waals surface area contributed by atoms with E-state index in [1.807, 2.05) is 17.9 Å². The summed E-state index contributed by atoms with van der Waals surface area (Å²) in [6.45, 7) is 7.44. The van der Waals surface area contributed by atoms with Crippen molar-refractivity contribution in [3.05, 3.63) is 47.3 Å². The largest absolute Gasteiger partial charge is 0.305 e. The summed E-state index contributed by atoms with van der Waals surface area (Å²) in [4.78, 5) is 0. The van der Waals surface area contributed by atoms with E-state index in [-0.39, 0.29) is 6.04 Å².